The van der Waals surface area contributed by atoms with E-state index in [1.54, 1.807) is 0 Å². The van der Waals surface area contributed by atoms with E-state index in [9.17, 15) is 0 Å². The Balaban J connectivity index is 4.22. The fourth-order valence-corrected chi connectivity index (χ4v) is 2.04. The minimum atomic E-state index is 0.218. The molecule has 0 atom stereocenters. The van der Waals surface area contributed by atoms with E-state index in [4.69, 9.17) is 0 Å². The average molecular weight is 289 g/mol. The molecule has 0 aromatic carbocycles. The molecule has 0 rings (SSSR count). The summed E-state index contributed by atoms with van der Waals surface area (Å²) in [5, 5.41) is 6.81. The highest BCUT2D eigenvalue weighted by molar-refractivity contribution is 7.99. The lowest BCUT2D eigenvalue weighted by molar-refractivity contribution is 0.241. The molecule has 0 unspecified atom stereocenters. The Bertz CT molecular complexity index is 285. The zero-order valence-corrected chi connectivity index (χ0v) is 14.7. The maximum Gasteiger partial charge on any atom is 0.191 e. The van der Waals surface area contributed by atoms with E-state index in [-0.39, 0.29) is 10.2 Å². The average Bonchev–Trinajstić information content (AvgIpc) is 2.27. The second-order valence-corrected chi connectivity index (χ2v) is 8.16. The normalized spacial score (nSPS) is 13.8. The molecule has 0 saturated heterocycles. The second-order valence-electron chi connectivity index (χ2n) is 6.65. The minimum absolute atomic E-state index is 0.218. The molecule has 0 aliphatic heterocycles. The largest absolute Gasteiger partial charge is 0.356 e. The van der Waals surface area contributed by atoms with Crippen LogP contribution in [0, 0.1) is 5.41 Å². The van der Waals surface area contributed by atoms with Gasteiger partial charge in [0, 0.05) is 31.4 Å². The van der Waals surface area contributed by atoms with Gasteiger partial charge in [-0.3, -0.25) is 4.99 Å². The van der Waals surface area contributed by atoms with Gasteiger partial charge in [-0.2, -0.15) is 11.8 Å². The predicted octanol–water partition coefficient (Wildman–Crippen LogP) is 1.88. The van der Waals surface area contributed by atoms with E-state index in [0.717, 1.165) is 25.6 Å². The van der Waals surface area contributed by atoms with E-state index in [2.05, 4.69) is 68.6 Å². The lowest BCUT2D eigenvalue weighted by atomic mass is 9.93. The summed E-state index contributed by atoms with van der Waals surface area (Å²) >= 11 is 1.86. The monoisotopic (exact) mass is 288 g/mol. The van der Waals surface area contributed by atoms with Crippen molar-refractivity contribution in [1.29, 1.82) is 0 Å². The summed E-state index contributed by atoms with van der Waals surface area (Å²) in [6.45, 7) is 11.8. The molecule has 0 aliphatic rings. The predicted molar refractivity (Wildman–Crippen MR) is 89.3 cm³/mol. The maximum atomic E-state index is 4.28. The van der Waals surface area contributed by atoms with Gasteiger partial charge in [-0.15, -0.1) is 0 Å². The second kappa shape index (κ2) is 8.00. The van der Waals surface area contributed by atoms with Crippen molar-refractivity contribution in [3.05, 3.63) is 0 Å². The Kier molecular flexibility index (Phi) is 7.82. The highest BCUT2D eigenvalue weighted by Crippen LogP contribution is 2.19. The van der Waals surface area contributed by atoms with Crippen molar-refractivity contribution < 1.29 is 0 Å². The van der Waals surface area contributed by atoms with Gasteiger partial charge in [-0.25, -0.2) is 0 Å². The number of nitrogens with one attached hydrogen (secondary N) is 2. The Hall–Kier alpha value is -0.420. The molecule has 5 heteroatoms. The molecule has 4 nitrogen and oxygen atoms in total. The van der Waals surface area contributed by atoms with Crippen molar-refractivity contribution in [2.24, 2.45) is 10.4 Å². The molecule has 0 aromatic rings. The summed E-state index contributed by atoms with van der Waals surface area (Å²) in [6, 6.07) is 0. The number of hydrogen-bond donors (Lipinski definition) is 2. The molecule has 0 fully saturated rings. The van der Waals surface area contributed by atoms with Gasteiger partial charge >= 0.3 is 0 Å². The van der Waals surface area contributed by atoms with E-state index in [0.29, 0.717) is 0 Å². The fraction of sp³-hybridized carbons (Fsp3) is 0.929. The Labute approximate surface area is 123 Å². The molecule has 0 saturated carbocycles. The third-order valence-corrected chi connectivity index (χ3v) is 4.19. The molecule has 19 heavy (non-hydrogen) atoms. The van der Waals surface area contributed by atoms with Gasteiger partial charge in [0.25, 0.3) is 0 Å². The number of rotatable bonds is 7. The van der Waals surface area contributed by atoms with Crippen molar-refractivity contribution in [2.75, 3.05) is 47.0 Å². The molecule has 0 spiro atoms. The van der Waals surface area contributed by atoms with Crippen LogP contribution < -0.4 is 10.6 Å². The number of guanidine groups is 1. The van der Waals surface area contributed by atoms with Crippen molar-refractivity contribution in [1.82, 2.24) is 15.5 Å². The SMILES string of the molecule is CN=C(NCC(C)(C)CN(C)C)NCC(C)(C)SC. The lowest BCUT2D eigenvalue weighted by Gasteiger charge is -2.30. The van der Waals surface area contributed by atoms with Crippen LogP contribution in [0.4, 0.5) is 0 Å². The highest BCUT2D eigenvalue weighted by atomic mass is 32.2. The Morgan fingerprint density at radius 3 is 2.05 bits per heavy atom. The minimum Gasteiger partial charge on any atom is -0.356 e. The van der Waals surface area contributed by atoms with Gasteiger partial charge < -0.3 is 15.5 Å². The first-order chi connectivity index (χ1) is 8.62. The van der Waals surface area contributed by atoms with Crippen LogP contribution in [0.3, 0.4) is 0 Å². The standard InChI is InChI=1S/C14H32N4S/c1-13(2,11-18(6)7)9-16-12(15-5)17-10-14(3,4)19-8/h9-11H2,1-8H3,(H2,15,16,17). The van der Waals surface area contributed by atoms with Crippen LogP contribution in [0.5, 0.6) is 0 Å². The number of aliphatic imine (C=N–C) groups is 1. The van der Waals surface area contributed by atoms with Crippen LogP contribution in [-0.2, 0) is 0 Å². The lowest BCUT2D eigenvalue weighted by Crippen LogP contribution is -2.47. The van der Waals surface area contributed by atoms with Crippen molar-refractivity contribution in [3.63, 3.8) is 0 Å². The third kappa shape index (κ3) is 9.16. The van der Waals surface area contributed by atoms with Gasteiger partial charge in [0.15, 0.2) is 5.96 Å². The molecule has 0 radical (unpaired) electrons. The number of hydrogen-bond acceptors (Lipinski definition) is 3. The van der Waals surface area contributed by atoms with Gasteiger partial charge in [-0.1, -0.05) is 13.8 Å². The molecule has 0 heterocycles. The molecule has 0 aromatic heterocycles. The number of nitrogens with zero attached hydrogens (tertiary/aromatic N) is 2. The van der Waals surface area contributed by atoms with Crippen molar-refractivity contribution >= 4 is 17.7 Å². The van der Waals surface area contributed by atoms with Crippen LogP contribution in [0.2, 0.25) is 0 Å². The first-order valence-corrected chi connectivity index (χ1v) is 7.99. The third-order valence-electron chi connectivity index (χ3n) is 2.94. The zero-order valence-electron chi connectivity index (χ0n) is 13.9. The first kappa shape index (κ1) is 18.6. The molecule has 0 aliphatic carbocycles. The summed E-state index contributed by atoms with van der Waals surface area (Å²) < 4.78 is 0.219. The van der Waals surface area contributed by atoms with Gasteiger partial charge in [-0.05, 0) is 39.6 Å². The van der Waals surface area contributed by atoms with Crippen LogP contribution in [0.1, 0.15) is 27.7 Å². The number of thioether (sulfide) groups is 1. The fourth-order valence-electron chi connectivity index (χ4n) is 1.82. The highest BCUT2D eigenvalue weighted by Gasteiger charge is 2.20. The van der Waals surface area contributed by atoms with E-state index in [1.807, 2.05) is 18.8 Å². The quantitative estimate of drug-likeness (QED) is 0.554. The van der Waals surface area contributed by atoms with E-state index >= 15 is 0 Å². The molecule has 2 N–H and O–H groups in total. The summed E-state index contributed by atoms with van der Waals surface area (Å²) in [7, 11) is 6.03. The van der Waals surface area contributed by atoms with Crippen LogP contribution in [-0.4, -0.2) is 62.6 Å². The maximum absolute atomic E-state index is 4.28. The summed E-state index contributed by atoms with van der Waals surface area (Å²) in [4.78, 5) is 6.50. The summed E-state index contributed by atoms with van der Waals surface area (Å²) in [5.74, 6) is 0.883. The Morgan fingerprint density at radius 2 is 1.63 bits per heavy atom. The summed E-state index contributed by atoms with van der Waals surface area (Å²) in [6.07, 6.45) is 2.14. The van der Waals surface area contributed by atoms with Crippen molar-refractivity contribution in [2.45, 2.75) is 32.4 Å². The van der Waals surface area contributed by atoms with Gasteiger partial charge in [0.1, 0.15) is 0 Å². The molecule has 0 amide bonds. The smallest absolute Gasteiger partial charge is 0.191 e. The van der Waals surface area contributed by atoms with Gasteiger partial charge in [0.2, 0.25) is 0 Å². The van der Waals surface area contributed by atoms with E-state index in [1.165, 1.54) is 0 Å². The van der Waals surface area contributed by atoms with Crippen LogP contribution in [0.25, 0.3) is 0 Å². The molecule has 114 valence electrons. The van der Waals surface area contributed by atoms with Crippen LogP contribution >= 0.6 is 11.8 Å². The van der Waals surface area contributed by atoms with Crippen LogP contribution in [0.15, 0.2) is 4.99 Å². The van der Waals surface area contributed by atoms with Gasteiger partial charge in [0.05, 0.1) is 0 Å². The zero-order chi connectivity index (χ0) is 15.1. The molecular formula is C14H32N4S. The topological polar surface area (TPSA) is 39.7 Å². The summed E-state index contributed by atoms with van der Waals surface area (Å²) in [5.41, 5.74) is 0.218. The van der Waals surface area contributed by atoms with E-state index < -0.39 is 0 Å². The Morgan fingerprint density at radius 1 is 1.11 bits per heavy atom. The molecular weight excluding hydrogens is 256 g/mol. The van der Waals surface area contributed by atoms with Crippen molar-refractivity contribution in [3.8, 4) is 0 Å². The first-order valence-electron chi connectivity index (χ1n) is 6.76. The molecule has 0 bridgehead atoms.